The number of aryl methyl sites for hydroxylation is 1. The summed E-state index contributed by atoms with van der Waals surface area (Å²) in [6.45, 7) is 2.41. The molecule has 162 valence electrons. The third-order valence-corrected chi connectivity index (χ3v) is 6.85. The smallest absolute Gasteiger partial charge is 0.240 e. The summed E-state index contributed by atoms with van der Waals surface area (Å²) in [6.07, 6.45) is 1.58. The van der Waals surface area contributed by atoms with Crippen LogP contribution in [0, 0.1) is 0 Å². The molecule has 0 aliphatic carbocycles. The lowest BCUT2D eigenvalue weighted by Crippen LogP contribution is -2.35. The van der Waals surface area contributed by atoms with Crippen molar-refractivity contribution in [1.29, 1.82) is 0 Å². The molecule has 2 aromatic rings. The normalized spacial score (nSPS) is 15.0. The highest BCUT2D eigenvalue weighted by molar-refractivity contribution is 7.89. The van der Waals surface area contributed by atoms with E-state index in [1.807, 2.05) is 43.3 Å². The van der Waals surface area contributed by atoms with Gasteiger partial charge in [0.25, 0.3) is 0 Å². The Hall–Kier alpha value is -2.42. The van der Waals surface area contributed by atoms with Crippen LogP contribution in [0.2, 0.25) is 0 Å². The zero-order valence-electron chi connectivity index (χ0n) is 17.9. The Kier molecular flexibility index (Phi) is 6.80. The topological polar surface area (TPSA) is 79.0 Å². The number of hydrogen-bond donors (Lipinski definition) is 1. The maximum absolute atomic E-state index is 13.0. The molecule has 0 fully saturated rings. The number of nitrogens with one attached hydrogen (secondary N) is 1. The highest BCUT2D eigenvalue weighted by Crippen LogP contribution is 2.30. The molecule has 0 spiro atoms. The van der Waals surface area contributed by atoms with Crippen molar-refractivity contribution in [2.75, 3.05) is 39.2 Å². The van der Waals surface area contributed by atoms with Gasteiger partial charge in [-0.05, 0) is 68.4 Å². The standard InChI is InChI=1S/C22H29N3O4S/c1-16(26)25-12-6-8-18-14-20(10-11-21(18)25)30(27,28)23-15-22(24(2)3)17-7-5-9-19(13-17)29-4/h5,7,9-11,13-14,22-23H,6,8,12,15H2,1-4H3. The molecule has 7 nitrogen and oxygen atoms in total. The highest BCUT2D eigenvalue weighted by Gasteiger charge is 2.24. The van der Waals surface area contributed by atoms with E-state index in [4.69, 9.17) is 4.74 Å². The van der Waals surface area contributed by atoms with Crippen LogP contribution in [0.1, 0.15) is 30.5 Å². The van der Waals surface area contributed by atoms with Crippen molar-refractivity contribution >= 4 is 21.6 Å². The SMILES string of the molecule is COc1cccc(C(CNS(=O)(=O)c2ccc3c(c2)CCCN3C(C)=O)N(C)C)c1. The summed E-state index contributed by atoms with van der Waals surface area (Å²) in [5, 5.41) is 0. The number of carbonyl (C=O) groups excluding carboxylic acids is 1. The molecule has 0 radical (unpaired) electrons. The highest BCUT2D eigenvalue weighted by atomic mass is 32.2. The molecule has 3 rings (SSSR count). The molecule has 30 heavy (non-hydrogen) atoms. The molecule has 0 saturated heterocycles. The number of methoxy groups -OCH3 is 1. The Balaban J connectivity index is 1.81. The largest absolute Gasteiger partial charge is 0.497 e. The van der Waals surface area contributed by atoms with E-state index in [0.717, 1.165) is 35.4 Å². The van der Waals surface area contributed by atoms with Crippen LogP contribution in [0.4, 0.5) is 5.69 Å². The van der Waals surface area contributed by atoms with Gasteiger partial charge in [-0.15, -0.1) is 0 Å². The minimum absolute atomic E-state index is 0.0307. The van der Waals surface area contributed by atoms with E-state index < -0.39 is 10.0 Å². The number of hydrogen-bond acceptors (Lipinski definition) is 5. The van der Waals surface area contributed by atoms with E-state index in [2.05, 4.69) is 4.72 Å². The van der Waals surface area contributed by atoms with E-state index in [9.17, 15) is 13.2 Å². The Morgan fingerprint density at radius 3 is 2.67 bits per heavy atom. The number of ether oxygens (including phenoxy) is 1. The second-order valence-corrected chi connectivity index (χ2v) is 9.44. The Morgan fingerprint density at radius 1 is 1.23 bits per heavy atom. The summed E-state index contributed by atoms with van der Waals surface area (Å²) in [6, 6.07) is 12.4. The summed E-state index contributed by atoms with van der Waals surface area (Å²) in [4.78, 5) is 15.7. The van der Waals surface area contributed by atoms with Crippen molar-refractivity contribution in [3.05, 3.63) is 53.6 Å². The quantitative estimate of drug-likeness (QED) is 0.729. The van der Waals surface area contributed by atoms with Crippen LogP contribution in [-0.2, 0) is 21.2 Å². The van der Waals surface area contributed by atoms with Crippen molar-refractivity contribution < 1.29 is 17.9 Å². The van der Waals surface area contributed by atoms with Crippen LogP contribution in [0.15, 0.2) is 47.4 Å². The first-order chi connectivity index (χ1) is 14.2. The molecule has 8 heteroatoms. The summed E-state index contributed by atoms with van der Waals surface area (Å²) < 4.78 is 34.0. The maximum atomic E-state index is 13.0. The van der Waals surface area contributed by atoms with Crippen LogP contribution in [0.25, 0.3) is 0 Å². The third kappa shape index (κ3) is 4.83. The number of sulfonamides is 1. The van der Waals surface area contributed by atoms with Crippen LogP contribution in [0.3, 0.4) is 0 Å². The zero-order valence-corrected chi connectivity index (χ0v) is 18.7. The molecule has 1 unspecified atom stereocenters. The van der Waals surface area contributed by atoms with Gasteiger partial charge in [0.2, 0.25) is 15.9 Å². The Labute approximate surface area is 178 Å². The summed E-state index contributed by atoms with van der Waals surface area (Å²) in [7, 11) is 1.73. The molecule has 1 heterocycles. The van der Waals surface area contributed by atoms with Gasteiger partial charge in [-0.1, -0.05) is 12.1 Å². The lowest BCUT2D eigenvalue weighted by atomic mass is 10.0. The van der Waals surface area contributed by atoms with Crippen LogP contribution in [-0.4, -0.2) is 53.5 Å². The average molecular weight is 432 g/mol. The Bertz CT molecular complexity index is 1020. The fraction of sp³-hybridized carbons (Fsp3) is 0.409. The van der Waals surface area contributed by atoms with E-state index in [1.165, 1.54) is 6.92 Å². The number of carbonyl (C=O) groups is 1. The van der Waals surface area contributed by atoms with E-state index in [-0.39, 0.29) is 23.4 Å². The number of fused-ring (bicyclic) bond motifs is 1. The van der Waals surface area contributed by atoms with Gasteiger partial charge in [-0.25, -0.2) is 13.1 Å². The number of amides is 1. The molecule has 1 N–H and O–H groups in total. The molecule has 1 aliphatic heterocycles. The van der Waals surface area contributed by atoms with Gasteiger partial charge in [0.05, 0.1) is 12.0 Å². The fourth-order valence-electron chi connectivity index (χ4n) is 3.79. The molecule has 1 atom stereocenters. The van der Waals surface area contributed by atoms with Crippen molar-refractivity contribution in [3.63, 3.8) is 0 Å². The fourth-order valence-corrected chi connectivity index (χ4v) is 4.88. The minimum Gasteiger partial charge on any atom is -0.497 e. The number of rotatable bonds is 7. The number of nitrogens with zero attached hydrogens (tertiary/aromatic N) is 2. The van der Waals surface area contributed by atoms with Crippen molar-refractivity contribution in [3.8, 4) is 5.75 Å². The average Bonchev–Trinajstić information content (AvgIpc) is 2.72. The first kappa shape index (κ1) is 22.3. The molecular formula is C22H29N3O4S. The van der Waals surface area contributed by atoms with Crippen molar-refractivity contribution in [2.45, 2.75) is 30.7 Å². The molecule has 2 aromatic carbocycles. The van der Waals surface area contributed by atoms with Gasteiger partial charge >= 0.3 is 0 Å². The number of benzene rings is 2. The minimum atomic E-state index is -3.70. The van der Waals surface area contributed by atoms with Crippen LogP contribution < -0.4 is 14.4 Å². The lowest BCUT2D eigenvalue weighted by molar-refractivity contribution is -0.116. The summed E-state index contributed by atoms with van der Waals surface area (Å²) in [5.74, 6) is 0.698. The van der Waals surface area contributed by atoms with E-state index in [0.29, 0.717) is 6.54 Å². The Morgan fingerprint density at radius 2 is 2.00 bits per heavy atom. The monoisotopic (exact) mass is 431 g/mol. The molecule has 1 aliphatic rings. The summed E-state index contributed by atoms with van der Waals surface area (Å²) in [5.41, 5.74) is 2.65. The maximum Gasteiger partial charge on any atom is 0.240 e. The first-order valence-corrected chi connectivity index (χ1v) is 11.4. The first-order valence-electron chi connectivity index (χ1n) is 9.94. The molecule has 1 amide bonds. The molecule has 0 aromatic heterocycles. The molecule has 0 saturated carbocycles. The van der Waals surface area contributed by atoms with Gasteiger partial charge in [-0.3, -0.25) is 4.79 Å². The van der Waals surface area contributed by atoms with Gasteiger partial charge in [-0.2, -0.15) is 0 Å². The second-order valence-electron chi connectivity index (χ2n) is 7.67. The number of anilines is 1. The van der Waals surface area contributed by atoms with E-state index >= 15 is 0 Å². The lowest BCUT2D eigenvalue weighted by Gasteiger charge is -2.29. The van der Waals surface area contributed by atoms with Crippen LogP contribution >= 0.6 is 0 Å². The molecule has 0 bridgehead atoms. The second kappa shape index (κ2) is 9.16. The van der Waals surface area contributed by atoms with Gasteiger partial charge in [0, 0.05) is 31.7 Å². The zero-order chi connectivity index (χ0) is 21.9. The van der Waals surface area contributed by atoms with Gasteiger partial charge < -0.3 is 14.5 Å². The predicted octanol–water partition coefficient (Wildman–Crippen LogP) is 2.58. The van der Waals surface area contributed by atoms with Crippen molar-refractivity contribution in [1.82, 2.24) is 9.62 Å². The van der Waals surface area contributed by atoms with E-state index in [1.54, 1.807) is 30.2 Å². The summed E-state index contributed by atoms with van der Waals surface area (Å²) >= 11 is 0. The number of likely N-dealkylation sites (N-methyl/N-ethyl adjacent to an activating group) is 1. The molecular weight excluding hydrogens is 402 g/mol. The van der Waals surface area contributed by atoms with Gasteiger partial charge in [0.1, 0.15) is 5.75 Å². The third-order valence-electron chi connectivity index (χ3n) is 5.43. The van der Waals surface area contributed by atoms with Crippen LogP contribution in [0.5, 0.6) is 5.75 Å². The van der Waals surface area contributed by atoms with Gasteiger partial charge in [0.15, 0.2) is 0 Å². The predicted molar refractivity (Wildman–Crippen MR) is 117 cm³/mol. The van der Waals surface area contributed by atoms with Crippen molar-refractivity contribution in [2.24, 2.45) is 0 Å².